The number of rotatable bonds is 11. The zero-order valence-electron chi connectivity index (χ0n) is 12.9. The van der Waals surface area contributed by atoms with E-state index < -0.39 is 11.4 Å². The molecule has 1 fully saturated rings. The molecule has 7 heteroatoms. The van der Waals surface area contributed by atoms with Crippen LogP contribution in [0.1, 0.15) is 26.7 Å². The Hall–Kier alpha value is -1.34. The molecule has 1 aliphatic rings. The monoisotopic (exact) mass is 302 g/mol. The van der Waals surface area contributed by atoms with E-state index in [0.29, 0.717) is 52.4 Å². The second-order valence-corrected chi connectivity index (χ2v) is 5.13. The van der Waals surface area contributed by atoms with Gasteiger partial charge in [0, 0.05) is 32.8 Å². The van der Waals surface area contributed by atoms with Gasteiger partial charge in [0.15, 0.2) is 0 Å². The molecule has 0 saturated heterocycles. The average Bonchev–Trinajstić information content (AvgIpc) is 3.25. The van der Waals surface area contributed by atoms with Gasteiger partial charge in [-0.2, -0.15) is 0 Å². The van der Waals surface area contributed by atoms with Crippen LogP contribution in [0, 0.1) is 5.41 Å². The third-order valence-electron chi connectivity index (χ3n) is 3.59. The molecule has 0 radical (unpaired) electrons. The largest absolute Gasteiger partial charge is 0.481 e. The van der Waals surface area contributed by atoms with E-state index in [4.69, 9.17) is 14.6 Å². The summed E-state index contributed by atoms with van der Waals surface area (Å²) in [6, 6.07) is -0.262. The molecule has 0 aromatic carbocycles. The van der Waals surface area contributed by atoms with Gasteiger partial charge < -0.3 is 24.8 Å². The second-order valence-electron chi connectivity index (χ2n) is 5.13. The molecule has 2 N–H and O–H groups in total. The van der Waals surface area contributed by atoms with E-state index in [2.05, 4.69) is 5.32 Å². The van der Waals surface area contributed by atoms with Crippen molar-refractivity contribution >= 4 is 12.0 Å². The molecule has 0 spiro atoms. The molecule has 1 rings (SSSR count). The third kappa shape index (κ3) is 5.89. The molecule has 7 nitrogen and oxygen atoms in total. The molecule has 0 heterocycles. The van der Waals surface area contributed by atoms with Crippen molar-refractivity contribution in [1.82, 2.24) is 10.2 Å². The smallest absolute Gasteiger partial charge is 0.317 e. The Morgan fingerprint density at radius 2 is 1.67 bits per heavy atom. The van der Waals surface area contributed by atoms with Crippen molar-refractivity contribution in [2.24, 2.45) is 5.41 Å². The van der Waals surface area contributed by atoms with Gasteiger partial charge >= 0.3 is 12.0 Å². The predicted octanol–water partition coefficient (Wildman–Crippen LogP) is 0.936. The number of carboxylic acids is 1. The first-order valence-electron chi connectivity index (χ1n) is 7.47. The first-order chi connectivity index (χ1) is 10.1. The molecule has 0 unspecified atom stereocenters. The summed E-state index contributed by atoms with van der Waals surface area (Å²) in [5.41, 5.74) is -0.749. The highest BCUT2D eigenvalue weighted by molar-refractivity contribution is 5.80. The van der Waals surface area contributed by atoms with E-state index in [1.807, 2.05) is 13.8 Å². The summed E-state index contributed by atoms with van der Waals surface area (Å²) in [5.74, 6) is -0.835. The highest BCUT2D eigenvalue weighted by Gasteiger charge is 2.50. The minimum atomic E-state index is -0.835. The number of ether oxygens (including phenoxy) is 2. The summed E-state index contributed by atoms with van der Waals surface area (Å²) in [6.45, 7) is 7.02. The van der Waals surface area contributed by atoms with Crippen molar-refractivity contribution in [2.75, 3.05) is 46.1 Å². The van der Waals surface area contributed by atoms with Crippen molar-refractivity contribution in [3.05, 3.63) is 0 Å². The SMILES string of the molecule is CCOCCN(CCOCC)C(=O)NCC1(C(=O)O)CC1. The highest BCUT2D eigenvalue weighted by Crippen LogP contribution is 2.45. The van der Waals surface area contributed by atoms with Gasteiger partial charge in [-0.1, -0.05) is 0 Å². The molecule has 2 amide bonds. The second kappa shape index (κ2) is 8.84. The standard InChI is InChI=1S/C14H26N2O5/c1-3-20-9-7-16(8-10-21-4-2)13(19)15-11-14(5-6-14)12(17)18/h3-11H2,1-2H3,(H,15,19)(H,17,18). The van der Waals surface area contributed by atoms with Crippen LogP contribution in [0.15, 0.2) is 0 Å². The average molecular weight is 302 g/mol. The summed E-state index contributed by atoms with van der Waals surface area (Å²) in [6.07, 6.45) is 1.25. The molecular formula is C14H26N2O5. The van der Waals surface area contributed by atoms with Gasteiger partial charge in [-0.3, -0.25) is 4.79 Å². The van der Waals surface area contributed by atoms with Crippen LogP contribution in [-0.2, 0) is 14.3 Å². The minimum absolute atomic E-state index is 0.181. The van der Waals surface area contributed by atoms with Crippen molar-refractivity contribution in [3.8, 4) is 0 Å². The van der Waals surface area contributed by atoms with Crippen molar-refractivity contribution in [2.45, 2.75) is 26.7 Å². The molecule has 0 aromatic heterocycles. The lowest BCUT2D eigenvalue weighted by Crippen LogP contribution is -2.46. The molecule has 1 saturated carbocycles. The quantitative estimate of drug-likeness (QED) is 0.554. The van der Waals surface area contributed by atoms with E-state index in [1.165, 1.54) is 0 Å². The van der Waals surface area contributed by atoms with Crippen LogP contribution < -0.4 is 5.32 Å². The van der Waals surface area contributed by atoms with Crippen LogP contribution in [-0.4, -0.2) is 68.1 Å². The number of nitrogens with one attached hydrogen (secondary N) is 1. The Morgan fingerprint density at radius 3 is 2.05 bits per heavy atom. The number of hydrogen-bond donors (Lipinski definition) is 2. The summed E-state index contributed by atoms with van der Waals surface area (Å²) in [7, 11) is 0. The lowest BCUT2D eigenvalue weighted by atomic mass is 10.1. The first kappa shape index (κ1) is 17.7. The van der Waals surface area contributed by atoms with Gasteiger partial charge in [0.2, 0.25) is 0 Å². The van der Waals surface area contributed by atoms with Crippen LogP contribution in [0.5, 0.6) is 0 Å². The number of hydrogen-bond acceptors (Lipinski definition) is 4. The zero-order valence-corrected chi connectivity index (χ0v) is 12.9. The number of carbonyl (C=O) groups excluding carboxylic acids is 1. The number of nitrogens with zero attached hydrogens (tertiary/aromatic N) is 1. The van der Waals surface area contributed by atoms with E-state index >= 15 is 0 Å². The molecule has 0 bridgehead atoms. The van der Waals surface area contributed by atoms with E-state index in [0.717, 1.165) is 0 Å². The lowest BCUT2D eigenvalue weighted by molar-refractivity contribution is -0.143. The minimum Gasteiger partial charge on any atom is -0.481 e. The molecule has 21 heavy (non-hydrogen) atoms. The first-order valence-corrected chi connectivity index (χ1v) is 7.47. The Kier molecular flexibility index (Phi) is 7.45. The van der Waals surface area contributed by atoms with Crippen molar-refractivity contribution < 1.29 is 24.2 Å². The maximum absolute atomic E-state index is 12.1. The predicted molar refractivity (Wildman–Crippen MR) is 77.3 cm³/mol. The van der Waals surface area contributed by atoms with Crippen LogP contribution in [0.2, 0.25) is 0 Å². The topological polar surface area (TPSA) is 88.1 Å². The zero-order chi connectivity index (χ0) is 15.7. The summed E-state index contributed by atoms with van der Waals surface area (Å²) in [4.78, 5) is 24.8. The summed E-state index contributed by atoms with van der Waals surface area (Å²) >= 11 is 0. The maximum atomic E-state index is 12.1. The summed E-state index contributed by atoms with van der Waals surface area (Å²) < 4.78 is 10.5. The Morgan fingerprint density at radius 1 is 1.14 bits per heavy atom. The number of amides is 2. The fourth-order valence-corrected chi connectivity index (χ4v) is 1.93. The fraction of sp³-hybridized carbons (Fsp3) is 0.857. The third-order valence-corrected chi connectivity index (χ3v) is 3.59. The van der Waals surface area contributed by atoms with Crippen molar-refractivity contribution in [3.63, 3.8) is 0 Å². The van der Waals surface area contributed by atoms with Gasteiger partial charge in [0.1, 0.15) is 0 Å². The van der Waals surface area contributed by atoms with Crippen LogP contribution in [0.25, 0.3) is 0 Å². The Bertz CT molecular complexity index is 334. The molecule has 0 aliphatic heterocycles. The Labute approximate surface area is 125 Å². The summed E-state index contributed by atoms with van der Waals surface area (Å²) in [5, 5.41) is 11.8. The van der Waals surface area contributed by atoms with Gasteiger partial charge in [-0.25, -0.2) is 4.79 Å². The molecular weight excluding hydrogens is 276 g/mol. The molecule has 0 aromatic rings. The van der Waals surface area contributed by atoms with Gasteiger partial charge in [-0.15, -0.1) is 0 Å². The normalized spacial score (nSPS) is 15.5. The Balaban J connectivity index is 2.39. The van der Waals surface area contributed by atoms with Crippen LogP contribution in [0.4, 0.5) is 4.79 Å². The van der Waals surface area contributed by atoms with Crippen LogP contribution >= 0.6 is 0 Å². The number of carbonyl (C=O) groups is 2. The van der Waals surface area contributed by atoms with Gasteiger partial charge in [0.05, 0.1) is 18.6 Å². The molecule has 1 aliphatic carbocycles. The van der Waals surface area contributed by atoms with Crippen LogP contribution in [0.3, 0.4) is 0 Å². The lowest BCUT2D eigenvalue weighted by Gasteiger charge is -2.24. The number of aliphatic carboxylic acids is 1. The molecule has 122 valence electrons. The van der Waals surface area contributed by atoms with E-state index in [-0.39, 0.29) is 12.6 Å². The van der Waals surface area contributed by atoms with Crippen molar-refractivity contribution in [1.29, 1.82) is 0 Å². The van der Waals surface area contributed by atoms with E-state index in [9.17, 15) is 9.59 Å². The molecule has 0 atom stereocenters. The number of carboxylic acid groups (broad SMARTS) is 1. The van der Waals surface area contributed by atoms with Gasteiger partial charge in [0.25, 0.3) is 0 Å². The van der Waals surface area contributed by atoms with Gasteiger partial charge in [-0.05, 0) is 26.7 Å². The van der Waals surface area contributed by atoms with E-state index in [1.54, 1.807) is 4.90 Å². The maximum Gasteiger partial charge on any atom is 0.317 e. The fourth-order valence-electron chi connectivity index (χ4n) is 1.93. The number of urea groups is 1. The highest BCUT2D eigenvalue weighted by atomic mass is 16.5.